The standard InChI is InChI=1S/C12H17NO5/c1-2-13(8-7-12(16)17)10-5-3-9(18-10)4-6-11(14)15/h3,5H,2,4,6-8H2,1H3,(H,14,15)(H,16,17). The Bertz CT molecular complexity index is 412. The lowest BCUT2D eigenvalue weighted by Crippen LogP contribution is -2.25. The first-order valence-corrected chi connectivity index (χ1v) is 5.80. The molecule has 0 atom stereocenters. The molecule has 0 saturated carbocycles. The van der Waals surface area contributed by atoms with Crippen LogP contribution in [-0.4, -0.2) is 35.2 Å². The molecule has 0 aromatic carbocycles. The Morgan fingerprint density at radius 2 is 1.89 bits per heavy atom. The van der Waals surface area contributed by atoms with E-state index in [1.54, 1.807) is 17.0 Å². The van der Waals surface area contributed by atoms with E-state index in [0.717, 1.165) is 0 Å². The third kappa shape index (κ3) is 4.48. The third-order valence-corrected chi connectivity index (χ3v) is 2.52. The van der Waals surface area contributed by atoms with Gasteiger partial charge in [-0.2, -0.15) is 0 Å². The summed E-state index contributed by atoms with van der Waals surface area (Å²) in [7, 11) is 0. The van der Waals surface area contributed by atoms with Gasteiger partial charge in [0.15, 0.2) is 5.88 Å². The number of hydrogen-bond donors (Lipinski definition) is 2. The maximum absolute atomic E-state index is 10.5. The van der Waals surface area contributed by atoms with Gasteiger partial charge in [-0.1, -0.05) is 0 Å². The van der Waals surface area contributed by atoms with Crippen molar-refractivity contribution in [2.45, 2.75) is 26.2 Å². The van der Waals surface area contributed by atoms with E-state index in [-0.39, 0.29) is 12.8 Å². The predicted molar refractivity (Wildman–Crippen MR) is 64.8 cm³/mol. The summed E-state index contributed by atoms with van der Waals surface area (Å²) in [5, 5.41) is 17.2. The van der Waals surface area contributed by atoms with Crippen molar-refractivity contribution < 1.29 is 24.2 Å². The number of aryl methyl sites for hydroxylation is 1. The van der Waals surface area contributed by atoms with Gasteiger partial charge in [-0.3, -0.25) is 9.59 Å². The highest BCUT2D eigenvalue weighted by molar-refractivity contribution is 5.67. The molecule has 0 amide bonds. The van der Waals surface area contributed by atoms with Crippen molar-refractivity contribution in [1.29, 1.82) is 0 Å². The van der Waals surface area contributed by atoms with Gasteiger partial charge in [0, 0.05) is 25.6 Å². The minimum Gasteiger partial charge on any atom is -0.481 e. The SMILES string of the molecule is CCN(CCC(=O)O)c1ccc(CCC(=O)O)o1. The van der Waals surface area contributed by atoms with Gasteiger partial charge in [0.1, 0.15) is 5.76 Å². The second-order valence-electron chi connectivity index (χ2n) is 3.86. The van der Waals surface area contributed by atoms with Crippen LogP contribution in [0, 0.1) is 0 Å². The molecule has 1 heterocycles. The summed E-state index contributed by atoms with van der Waals surface area (Å²) >= 11 is 0. The summed E-state index contributed by atoms with van der Waals surface area (Å²) in [6.45, 7) is 2.91. The summed E-state index contributed by atoms with van der Waals surface area (Å²) in [5.74, 6) is -0.544. The first-order chi connectivity index (χ1) is 8.52. The fraction of sp³-hybridized carbons (Fsp3) is 0.500. The number of nitrogens with zero attached hydrogens (tertiary/aromatic N) is 1. The van der Waals surface area contributed by atoms with Crippen molar-refractivity contribution in [2.24, 2.45) is 0 Å². The van der Waals surface area contributed by atoms with Crippen molar-refractivity contribution in [1.82, 2.24) is 0 Å². The molecule has 2 N–H and O–H groups in total. The van der Waals surface area contributed by atoms with Crippen molar-refractivity contribution in [2.75, 3.05) is 18.0 Å². The number of anilines is 1. The maximum Gasteiger partial charge on any atom is 0.305 e. The summed E-state index contributed by atoms with van der Waals surface area (Å²) in [6, 6.07) is 3.46. The van der Waals surface area contributed by atoms with Gasteiger partial charge in [0.2, 0.25) is 0 Å². The van der Waals surface area contributed by atoms with Gasteiger partial charge in [-0.25, -0.2) is 0 Å². The Morgan fingerprint density at radius 3 is 2.44 bits per heavy atom. The molecule has 0 aliphatic heterocycles. The topological polar surface area (TPSA) is 91.0 Å². The van der Waals surface area contributed by atoms with Crippen LogP contribution in [0.25, 0.3) is 0 Å². The number of hydrogen-bond acceptors (Lipinski definition) is 4. The smallest absolute Gasteiger partial charge is 0.305 e. The maximum atomic E-state index is 10.5. The number of aliphatic carboxylic acids is 2. The van der Waals surface area contributed by atoms with E-state index < -0.39 is 11.9 Å². The molecule has 1 aromatic rings. The molecule has 0 aliphatic carbocycles. The molecule has 100 valence electrons. The Morgan fingerprint density at radius 1 is 1.22 bits per heavy atom. The summed E-state index contributed by atoms with van der Waals surface area (Å²) in [5.41, 5.74) is 0. The molecule has 0 unspecified atom stereocenters. The second-order valence-corrected chi connectivity index (χ2v) is 3.86. The third-order valence-electron chi connectivity index (χ3n) is 2.52. The van der Waals surface area contributed by atoms with E-state index in [9.17, 15) is 9.59 Å². The van der Waals surface area contributed by atoms with Crippen molar-refractivity contribution >= 4 is 17.8 Å². The number of rotatable bonds is 8. The summed E-state index contributed by atoms with van der Waals surface area (Å²) in [4.78, 5) is 22.7. The Balaban J connectivity index is 2.58. The average molecular weight is 255 g/mol. The number of furan rings is 1. The predicted octanol–water partition coefficient (Wildman–Crippen LogP) is 1.60. The van der Waals surface area contributed by atoms with E-state index in [4.69, 9.17) is 14.6 Å². The highest BCUT2D eigenvalue weighted by Crippen LogP contribution is 2.19. The van der Waals surface area contributed by atoms with Crippen LogP contribution in [0.4, 0.5) is 5.88 Å². The fourth-order valence-corrected chi connectivity index (χ4v) is 1.56. The quantitative estimate of drug-likeness (QED) is 0.733. The summed E-state index contributed by atoms with van der Waals surface area (Å²) < 4.78 is 5.49. The first-order valence-electron chi connectivity index (χ1n) is 5.80. The van der Waals surface area contributed by atoms with Crippen LogP contribution in [0.5, 0.6) is 0 Å². The van der Waals surface area contributed by atoms with E-state index in [1.165, 1.54) is 0 Å². The molecular formula is C12H17NO5. The van der Waals surface area contributed by atoms with Crippen LogP contribution in [0.1, 0.15) is 25.5 Å². The van der Waals surface area contributed by atoms with Crippen molar-refractivity contribution in [3.63, 3.8) is 0 Å². The molecule has 6 nitrogen and oxygen atoms in total. The van der Waals surface area contributed by atoms with Crippen LogP contribution < -0.4 is 4.90 Å². The molecular weight excluding hydrogens is 238 g/mol. The Kier molecular flexibility index (Phi) is 5.23. The molecule has 18 heavy (non-hydrogen) atoms. The minimum absolute atomic E-state index is 0.0220. The Labute approximate surface area is 105 Å². The molecule has 0 fully saturated rings. The van der Waals surface area contributed by atoms with Crippen molar-refractivity contribution in [3.05, 3.63) is 17.9 Å². The van der Waals surface area contributed by atoms with Gasteiger partial charge in [0.25, 0.3) is 0 Å². The largest absolute Gasteiger partial charge is 0.481 e. The normalized spacial score (nSPS) is 10.3. The fourth-order valence-electron chi connectivity index (χ4n) is 1.56. The lowest BCUT2D eigenvalue weighted by atomic mass is 10.2. The molecule has 6 heteroatoms. The molecule has 0 spiro atoms. The Hall–Kier alpha value is -1.98. The van der Waals surface area contributed by atoms with E-state index in [2.05, 4.69) is 0 Å². The zero-order valence-electron chi connectivity index (χ0n) is 10.3. The molecule has 0 bridgehead atoms. The summed E-state index contributed by atoms with van der Waals surface area (Å²) in [6.07, 6.45) is 0.402. The van der Waals surface area contributed by atoms with E-state index >= 15 is 0 Å². The van der Waals surface area contributed by atoms with Gasteiger partial charge in [-0.15, -0.1) is 0 Å². The van der Waals surface area contributed by atoms with Crippen LogP contribution >= 0.6 is 0 Å². The van der Waals surface area contributed by atoms with Crippen molar-refractivity contribution in [3.8, 4) is 0 Å². The van der Waals surface area contributed by atoms with Gasteiger partial charge in [-0.05, 0) is 13.0 Å². The van der Waals surface area contributed by atoms with Crippen LogP contribution in [0.15, 0.2) is 16.5 Å². The van der Waals surface area contributed by atoms with Gasteiger partial charge >= 0.3 is 11.9 Å². The van der Waals surface area contributed by atoms with Crippen LogP contribution in [0.2, 0.25) is 0 Å². The minimum atomic E-state index is -0.869. The average Bonchev–Trinajstić information content (AvgIpc) is 2.75. The molecule has 1 aromatic heterocycles. The number of carboxylic acids is 2. The lowest BCUT2D eigenvalue weighted by molar-refractivity contribution is -0.137. The molecule has 1 rings (SSSR count). The van der Waals surface area contributed by atoms with Crippen LogP contribution in [-0.2, 0) is 16.0 Å². The first kappa shape index (κ1) is 14.1. The monoisotopic (exact) mass is 255 g/mol. The van der Waals surface area contributed by atoms with E-state index in [1.807, 2.05) is 6.92 Å². The highest BCUT2D eigenvalue weighted by Gasteiger charge is 2.11. The highest BCUT2D eigenvalue weighted by atomic mass is 16.4. The van der Waals surface area contributed by atoms with E-state index in [0.29, 0.717) is 31.2 Å². The molecule has 0 radical (unpaired) electrons. The second kappa shape index (κ2) is 6.68. The lowest BCUT2D eigenvalue weighted by Gasteiger charge is -2.18. The van der Waals surface area contributed by atoms with Crippen LogP contribution in [0.3, 0.4) is 0 Å². The number of carbonyl (C=O) groups is 2. The zero-order chi connectivity index (χ0) is 13.5. The number of carboxylic acid groups (broad SMARTS) is 2. The molecule has 0 saturated heterocycles. The van der Waals surface area contributed by atoms with Gasteiger partial charge < -0.3 is 19.5 Å². The van der Waals surface area contributed by atoms with Gasteiger partial charge in [0.05, 0.1) is 12.8 Å². The zero-order valence-corrected chi connectivity index (χ0v) is 10.3. The molecule has 0 aliphatic rings.